The van der Waals surface area contributed by atoms with E-state index < -0.39 is 8.38 Å². The maximum absolute atomic E-state index is 8.91. The quantitative estimate of drug-likeness (QED) is 0.693. The van der Waals surface area contributed by atoms with Crippen molar-refractivity contribution in [1.82, 2.24) is 0 Å². The molecule has 0 aliphatic rings. The van der Waals surface area contributed by atoms with Gasteiger partial charge in [-0.25, -0.2) is 0 Å². The minimum absolute atomic E-state index is 0.00613. The van der Waals surface area contributed by atoms with Crippen LogP contribution in [0.3, 0.4) is 0 Å². The fraction of sp³-hybridized carbons (Fsp3) is 0.333. The summed E-state index contributed by atoms with van der Waals surface area (Å²) in [6.45, 7) is 0.404. The Morgan fingerprint density at radius 2 is 1.86 bits per heavy atom. The minimum atomic E-state index is -1.89. The average Bonchev–Trinajstić information content (AvgIpc) is 2.15. The van der Waals surface area contributed by atoms with Gasteiger partial charge in [-0.3, -0.25) is 0 Å². The van der Waals surface area contributed by atoms with Crippen molar-refractivity contribution in [3.05, 3.63) is 34.9 Å². The van der Waals surface area contributed by atoms with Crippen molar-refractivity contribution < 1.29 is 9.79 Å². The Morgan fingerprint density at radius 3 is 2.29 bits per heavy atom. The van der Waals surface area contributed by atoms with Gasteiger partial charge in [0, 0.05) is 17.1 Å². The molecule has 0 aromatic heterocycles. The molecule has 4 N–H and O–H groups in total. The van der Waals surface area contributed by atoms with Gasteiger partial charge < -0.3 is 15.5 Å². The number of benzene rings is 1. The Morgan fingerprint density at radius 1 is 1.29 bits per heavy atom. The van der Waals surface area contributed by atoms with Gasteiger partial charge in [0.25, 0.3) is 0 Å². The predicted molar refractivity (Wildman–Crippen MR) is 59.5 cm³/mol. The lowest BCUT2D eigenvalue weighted by molar-refractivity contribution is 0.476. The normalized spacial score (nSPS) is 13.2. The highest BCUT2D eigenvalue weighted by Crippen LogP contribution is 2.31. The van der Waals surface area contributed by atoms with Gasteiger partial charge in [-0.1, -0.05) is 23.7 Å². The van der Waals surface area contributed by atoms with Gasteiger partial charge in [0.05, 0.1) is 0 Å². The maximum Gasteiger partial charge on any atom is 0.165 e. The fourth-order valence-corrected chi connectivity index (χ4v) is 2.13. The molecule has 0 aliphatic heterocycles. The van der Waals surface area contributed by atoms with Crippen LogP contribution in [0.4, 0.5) is 0 Å². The molecule has 14 heavy (non-hydrogen) atoms. The van der Waals surface area contributed by atoms with Crippen LogP contribution in [-0.4, -0.2) is 22.5 Å². The molecule has 1 aromatic carbocycles. The molecule has 0 aliphatic carbocycles. The van der Waals surface area contributed by atoms with E-state index >= 15 is 0 Å². The van der Waals surface area contributed by atoms with Crippen LogP contribution in [0.2, 0.25) is 5.02 Å². The zero-order valence-corrected chi connectivity index (χ0v) is 9.25. The second-order valence-electron chi connectivity index (χ2n) is 3.04. The van der Waals surface area contributed by atoms with E-state index in [1.54, 1.807) is 12.1 Å². The highest BCUT2D eigenvalue weighted by atomic mass is 35.5. The van der Waals surface area contributed by atoms with Crippen LogP contribution >= 0.6 is 20.0 Å². The number of hydrogen-bond acceptors (Lipinski definition) is 3. The van der Waals surface area contributed by atoms with Crippen molar-refractivity contribution in [2.24, 2.45) is 5.73 Å². The Hall–Kier alpha value is -0.180. The van der Waals surface area contributed by atoms with Crippen molar-refractivity contribution in [2.75, 3.05) is 12.7 Å². The predicted octanol–water partition coefficient (Wildman–Crippen LogP) is 1.68. The van der Waals surface area contributed by atoms with Crippen LogP contribution in [0.1, 0.15) is 11.5 Å². The first-order chi connectivity index (χ1) is 6.63. The molecule has 0 bridgehead atoms. The second kappa shape index (κ2) is 5.64. The van der Waals surface area contributed by atoms with E-state index in [1.165, 1.54) is 0 Å². The van der Waals surface area contributed by atoms with Gasteiger partial charge >= 0.3 is 0 Å². The third kappa shape index (κ3) is 3.52. The summed E-state index contributed by atoms with van der Waals surface area (Å²) in [5.74, 6) is -0.00613. The zero-order valence-electron chi connectivity index (χ0n) is 7.60. The third-order valence-electron chi connectivity index (χ3n) is 2.01. The first kappa shape index (κ1) is 11.9. The lowest BCUT2D eigenvalue weighted by atomic mass is 10.0. The van der Waals surface area contributed by atoms with Crippen LogP contribution in [0.25, 0.3) is 0 Å². The molecule has 5 heteroatoms. The topological polar surface area (TPSA) is 66.5 Å². The van der Waals surface area contributed by atoms with Crippen molar-refractivity contribution in [1.29, 1.82) is 0 Å². The number of rotatable bonds is 4. The molecule has 1 aromatic rings. The summed E-state index contributed by atoms with van der Waals surface area (Å²) in [5, 5.41) is 0.666. The second-order valence-corrected chi connectivity index (χ2v) is 4.59. The first-order valence-electron chi connectivity index (χ1n) is 4.24. The molecule has 0 unspecified atom stereocenters. The third-order valence-corrected chi connectivity index (χ3v) is 3.03. The lowest BCUT2D eigenvalue weighted by Crippen LogP contribution is -2.15. The molecule has 0 radical (unpaired) electrons. The summed E-state index contributed by atoms with van der Waals surface area (Å²) in [6.07, 6.45) is 0.313. The molecule has 0 spiro atoms. The molecule has 0 amide bonds. The van der Waals surface area contributed by atoms with Crippen molar-refractivity contribution in [2.45, 2.75) is 5.92 Å². The highest BCUT2D eigenvalue weighted by molar-refractivity contribution is 7.45. The first-order valence-corrected chi connectivity index (χ1v) is 6.05. The van der Waals surface area contributed by atoms with Gasteiger partial charge in [-0.05, 0) is 24.2 Å². The van der Waals surface area contributed by atoms with Gasteiger partial charge in [-0.2, -0.15) is 0 Å². The largest absolute Gasteiger partial charge is 0.350 e. The molecule has 0 heterocycles. The number of hydrogen-bond donors (Lipinski definition) is 3. The van der Waals surface area contributed by atoms with E-state index in [1.807, 2.05) is 12.1 Å². The molecule has 78 valence electrons. The monoisotopic (exact) mass is 233 g/mol. The molecule has 1 atom stereocenters. The molecule has 0 saturated carbocycles. The van der Waals surface area contributed by atoms with E-state index in [0.29, 0.717) is 17.7 Å². The van der Waals surface area contributed by atoms with Crippen molar-refractivity contribution in [3.8, 4) is 0 Å². The van der Waals surface area contributed by atoms with Gasteiger partial charge in [0.1, 0.15) is 0 Å². The average molecular weight is 234 g/mol. The van der Waals surface area contributed by atoms with E-state index in [2.05, 4.69) is 0 Å². The Kier molecular flexibility index (Phi) is 4.79. The molecule has 3 nitrogen and oxygen atoms in total. The molecule has 1 rings (SSSR count). The lowest BCUT2D eigenvalue weighted by Gasteiger charge is -2.15. The standard InChI is InChI=1S/C9H13ClNO2P/c10-9-3-1-7(2-4-9)8(5-11)6-14(12)13/h1-4,8,12-13H,5-6,11H2/t8-/m0/s1. The van der Waals surface area contributed by atoms with E-state index in [9.17, 15) is 0 Å². The minimum Gasteiger partial charge on any atom is -0.350 e. The molecule has 0 saturated heterocycles. The Balaban J connectivity index is 2.73. The number of nitrogens with two attached hydrogens (primary N) is 1. The maximum atomic E-state index is 8.91. The van der Waals surface area contributed by atoms with Crippen LogP contribution in [0.15, 0.2) is 24.3 Å². The van der Waals surface area contributed by atoms with E-state index in [0.717, 1.165) is 5.56 Å². The summed E-state index contributed by atoms with van der Waals surface area (Å²) in [4.78, 5) is 17.8. The van der Waals surface area contributed by atoms with E-state index in [-0.39, 0.29) is 5.92 Å². The van der Waals surface area contributed by atoms with Crippen LogP contribution in [0.5, 0.6) is 0 Å². The Labute approximate surface area is 89.4 Å². The van der Waals surface area contributed by atoms with E-state index in [4.69, 9.17) is 27.1 Å². The number of halogens is 1. The van der Waals surface area contributed by atoms with Gasteiger partial charge in [-0.15, -0.1) is 0 Å². The van der Waals surface area contributed by atoms with Crippen LogP contribution in [0, 0.1) is 0 Å². The fourth-order valence-electron chi connectivity index (χ4n) is 1.25. The Bertz CT molecular complexity index is 279. The van der Waals surface area contributed by atoms with Crippen molar-refractivity contribution in [3.63, 3.8) is 0 Å². The molecular weight excluding hydrogens is 221 g/mol. The summed E-state index contributed by atoms with van der Waals surface area (Å²) < 4.78 is 0. The summed E-state index contributed by atoms with van der Waals surface area (Å²) >= 11 is 5.74. The summed E-state index contributed by atoms with van der Waals surface area (Å²) in [7, 11) is -1.89. The van der Waals surface area contributed by atoms with Crippen LogP contribution < -0.4 is 5.73 Å². The zero-order chi connectivity index (χ0) is 10.6. The SMILES string of the molecule is NC[C@@H](CP(O)O)c1ccc(Cl)cc1. The highest BCUT2D eigenvalue weighted by Gasteiger charge is 2.13. The smallest absolute Gasteiger partial charge is 0.165 e. The molecular formula is C9H13ClNO2P. The van der Waals surface area contributed by atoms with Crippen LogP contribution in [-0.2, 0) is 0 Å². The van der Waals surface area contributed by atoms with Crippen molar-refractivity contribution >= 4 is 20.0 Å². The van der Waals surface area contributed by atoms with Gasteiger partial charge in [0.15, 0.2) is 8.38 Å². The molecule has 0 fully saturated rings. The summed E-state index contributed by atoms with van der Waals surface area (Å²) in [6, 6.07) is 7.27. The van der Waals surface area contributed by atoms with Gasteiger partial charge in [0.2, 0.25) is 0 Å². The summed E-state index contributed by atoms with van der Waals surface area (Å²) in [5.41, 5.74) is 6.54.